The standard InChI is InChI=1S/C15H31INO2/c17-16-14-12-10-8-6-4-2-1-3-5-7-9-11-13-15(18)19/h1-14,17H2,(H,18,19). The van der Waals surface area contributed by atoms with Gasteiger partial charge in [-0.25, -0.2) is 0 Å². The second kappa shape index (κ2) is 16.2. The zero-order valence-electron chi connectivity index (χ0n) is 12.2. The van der Waals surface area contributed by atoms with Crippen LogP contribution in [-0.4, -0.2) is 15.5 Å². The van der Waals surface area contributed by atoms with E-state index in [-0.39, 0.29) is 21.5 Å². The highest BCUT2D eigenvalue weighted by Gasteiger charge is 1.96. The lowest BCUT2D eigenvalue weighted by Gasteiger charge is -2.02. The summed E-state index contributed by atoms with van der Waals surface area (Å²) in [5, 5.41) is 8.50. The van der Waals surface area contributed by atoms with E-state index in [2.05, 4.69) is 0 Å². The number of rotatable bonds is 15. The molecular formula is C15H31INO2. The predicted octanol–water partition coefficient (Wildman–Crippen LogP) is 4.99. The molecule has 0 saturated carbocycles. The number of carboxylic acids is 1. The Bertz CT molecular complexity index is 201. The van der Waals surface area contributed by atoms with Gasteiger partial charge in [-0.15, -0.1) is 0 Å². The Balaban J connectivity index is 2.93. The number of alkyl halides is 1. The van der Waals surface area contributed by atoms with Crippen LogP contribution in [0.4, 0.5) is 0 Å². The summed E-state index contributed by atoms with van der Waals surface area (Å²) in [5.74, 6) is -0.659. The summed E-state index contributed by atoms with van der Waals surface area (Å²) in [6, 6.07) is 0. The van der Waals surface area contributed by atoms with E-state index in [9.17, 15) is 4.79 Å². The summed E-state index contributed by atoms with van der Waals surface area (Å²) in [5.41, 5.74) is 0. The first-order valence-electron chi connectivity index (χ1n) is 7.77. The van der Waals surface area contributed by atoms with Crippen molar-refractivity contribution < 1.29 is 9.90 Å². The van der Waals surface area contributed by atoms with Crippen LogP contribution < -0.4 is 3.95 Å². The molecule has 0 unspecified atom stereocenters. The first-order valence-corrected chi connectivity index (χ1v) is 10.5. The molecular weight excluding hydrogens is 353 g/mol. The average Bonchev–Trinajstić information content (AvgIpc) is 2.39. The lowest BCUT2D eigenvalue weighted by Crippen LogP contribution is -1.93. The van der Waals surface area contributed by atoms with Crippen molar-refractivity contribution in [1.29, 1.82) is 0 Å². The second-order valence-corrected chi connectivity index (χ2v) is 7.19. The Hall–Kier alpha value is 0.160. The maximum absolute atomic E-state index is 10.3. The van der Waals surface area contributed by atoms with Crippen LogP contribution in [-0.2, 0) is 4.79 Å². The number of carboxylic acid groups (broad SMARTS) is 1. The second-order valence-electron chi connectivity index (χ2n) is 5.23. The summed E-state index contributed by atoms with van der Waals surface area (Å²) in [6.45, 7) is 0. The van der Waals surface area contributed by atoms with Gasteiger partial charge in [-0.3, -0.25) is 8.74 Å². The highest BCUT2D eigenvalue weighted by atomic mass is 127. The van der Waals surface area contributed by atoms with Crippen LogP contribution >= 0.6 is 21.5 Å². The van der Waals surface area contributed by atoms with Crippen LogP contribution in [0.15, 0.2) is 0 Å². The first kappa shape index (κ1) is 19.2. The molecule has 19 heavy (non-hydrogen) atoms. The quantitative estimate of drug-likeness (QED) is 0.181. The Morgan fingerprint density at radius 2 is 1.11 bits per heavy atom. The maximum Gasteiger partial charge on any atom is 0.303 e. The lowest BCUT2D eigenvalue weighted by molar-refractivity contribution is -0.137. The molecule has 0 rings (SSSR count). The minimum atomic E-state index is -0.659. The third kappa shape index (κ3) is 18.2. The van der Waals surface area contributed by atoms with Crippen molar-refractivity contribution in [3.63, 3.8) is 0 Å². The summed E-state index contributed by atoms with van der Waals surface area (Å²) >= 11 is 0.0296. The molecule has 0 aromatic heterocycles. The molecule has 0 aromatic carbocycles. The monoisotopic (exact) mass is 384 g/mol. The van der Waals surface area contributed by atoms with Gasteiger partial charge >= 0.3 is 5.97 Å². The number of aliphatic carboxylic acids is 1. The van der Waals surface area contributed by atoms with E-state index in [4.69, 9.17) is 9.05 Å². The Labute approximate surface area is 129 Å². The fourth-order valence-electron chi connectivity index (χ4n) is 2.22. The van der Waals surface area contributed by atoms with Crippen molar-refractivity contribution >= 4 is 27.4 Å². The fourth-order valence-corrected chi connectivity index (χ4v) is 3.20. The van der Waals surface area contributed by atoms with Crippen molar-refractivity contribution in [3.05, 3.63) is 0 Å². The molecule has 3 N–H and O–H groups in total. The zero-order valence-corrected chi connectivity index (χ0v) is 14.4. The van der Waals surface area contributed by atoms with E-state index in [1.807, 2.05) is 0 Å². The first-order chi connectivity index (χ1) is 9.27. The normalized spacial score (nSPS) is 10.8. The van der Waals surface area contributed by atoms with Gasteiger partial charge in [0.05, 0.1) is 0 Å². The topological polar surface area (TPSA) is 63.3 Å². The van der Waals surface area contributed by atoms with Crippen LogP contribution in [0.5, 0.6) is 0 Å². The van der Waals surface area contributed by atoms with E-state index in [0.717, 1.165) is 12.8 Å². The molecule has 0 atom stereocenters. The smallest absolute Gasteiger partial charge is 0.303 e. The molecule has 1 radical (unpaired) electrons. The van der Waals surface area contributed by atoms with Gasteiger partial charge in [0.2, 0.25) is 0 Å². The Morgan fingerprint density at radius 3 is 1.47 bits per heavy atom. The minimum absolute atomic E-state index is 0.0296. The molecule has 0 aliphatic rings. The summed E-state index contributed by atoms with van der Waals surface area (Å²) in [6.07, 6.45) is 15.7. The van der Waals surface area contributed by atoms with Gasteiger partial charge in [-0.1, -0.05) is 85.7 Å². The Kier molecular flexibility index (Phi) is 16.4. The molecule has 0 spiro atoms. The molecule has 3 nitrogen and oxygen atoms in total. The zero-order chi connectivity index (χ0) is 14.2. The highest BCUT2D eigenvalue weighted by molar-refractivity contribution is 14.2. The van der Waals surface area contributed by atoms with Crippen molar-refractivity contribution in [3.8, 4) is 0 Å². The third-order valence-electron chi connectivity index (χ3n) is 3.38. The number of carbonyl (C=O) groups is 1. The van der Waals surface area contributed by atoms with E-state index in [1.165, 1.54) is 68.6 Å². The molecule has 0 aliphatic carbocycles. The van der Waals surface area contributed by atoms with Gasteiger partial charge in [0, 0.05) is 10.8 Å². The van der Waals surface area contributed by atoms with Crippen molar-refractivity contribution in [2.75, 3.05) is 4.43 Å². The molecule has 0 fully saturated rings. The number of halogens is 1. The van der Waals surface area contributed by atoms with Crippen molar-refractivity contribution in [2.24, 2.45) is 3.95 Å². The lowest BCUT2D eigenvalue weighted by atomic mass is 10.0. The van der Waals surface area contributed by atoms with Gasteiger partial charge in [-0.05, 0) is 12.8 Å². The van der Waals surface area contributed by atoms with Gasteiger partial charge in [0.15, 0.2) is 0 Å². The molecule has 0 bridgehead atoms. The summed E-state index contributed by atoms with van der Waals surface area (Å²) < 4.78 is 6.86. The van der Waals surface area contributed by atoms with Gasteiger partial charge in [0.1, 0.15) is 0 Å². The molecule has 0 aromatic rings. The number of hydrogen-bond acceptors (Lipinski definition) is 2. The summed E-state index contributed by atoms with van der Waals surface area (Å²) in [7, 11) is 0. The number of nitrogens with two attached hydrogens (primary N) is 1. The SMILES string of the molecule is N[I]CCCCCCCCCCCCCCC(=O)O. The van der Waals surface area contributed by atoms with Crippen LogP contribution in [0.2, 0.25) is 0 Å². The van der Waals surface area contributed by atoms with Crippen LogP contribution in [0, 0.1) is 0 Å². The van der Waals surface area contributed by atoms with Crippen molar-refractivity contribution in [2.45, 2.75) is 83.5 Å². The molecule has 0 heterocycles. The fraction of sp³-hybridized carbons (Fsp3) is 0.933. The Morgan fingerprint density at radius 1 is 0.737 bits per heavy atom. The molecule has 115 valence electrons. The van der Waals surface area contributed by atoms with Crippen molar-refractivity contribution in [1.82, 2.24) is 0 Å². The van der Waals surface area contributed by atoms with E-state index in [0.29, 0.717) is 6.42 Å². The predicted molar refractivity (Wildman–Crippen MR) is 90.7 cm³/mol. The maximum atomic E-state index is 10.3. The largest absolute Gasteiger partial charge is 0.481 e. The average molecular weight is 384 g/mol. The highest BCUT2D eigenvalue weighted by Crippen LogP contribution is 2.13. The number of hydrogen-bond donors (Lipinski definition) is 2. The number of unbranched alkanes of at least 4 members (excludes halogenated alkanes) is 11. The molecule has 0 amide bonds. The van der Waals surface area contributed by atoms with E-state index >= 15 is 0 Å². The van der Waals surface area contributed by atoms with E-state index in [1.54, 1.807) is 0 Å². The molecule has 4 heteroatoms. The van der Waals surface area contributed by atoms with Crippen LogP contribution in [0.3, 0.4) is 0 Å². The minimum Gasteiger partial charge on any atom is -0.481 e. The van der Waals surface area contributed by atoms with Gasteiger partial charge in [0.25, 0.3) is 0 Å². The van der Waals surface area contributed by atoms with Crippen LogP contribution in [0.1, 0.15) is 83.5 Å². The van der Waals surface area contributed by atoms with E-state index < -0.39 is 5.97 Å². The summed E-state index contributed by atoms with van der Waals surface area (Å²) in [4.78, 5) is 10.3. The molecule has 0 saturated heterocycles. The van der Waals surface area contributed by atoms with Gasteiger partial charge < -0.3 is 5.11 Å². The van der Waals surface area contributed by atoms with Gasteiger partial charge in [-0.2, -0.15) is 0 Å². The molecule has 0 aliphatic heterocycles. The third-order valence-corrected chi connectivity index (χ3v) is 4.77. The van der Waals surface area contributed by atoms with Crippen LogP contribution in [0.25, 0.3) is 0 Å².